The Kier molecular flexibility index (Phi) is 8.32. The van der Waals surface area contributed by atoms with Gasteiger partial charge in [0.2, 0.25) is 0 Å². The maximum Gasteiger partial charge on any atom is 0.410 e. The third kappa shape index (κ3) is 6.30. The van der Waals surface area contributed by atoms with Crippen molar-refractivity contribution < 1.29 is 23.8 Å². The molecular formula is C22H33ClFNO4. The SMILES string of the molecule is COCCCCC(O)(c1cccc(Cl)c1F)C1CCCN(C(=O)OC(C)(C)C)C1. The van der Waals surface area contributed by atoms with E-state index in [1.165, 1.54) is 6.07 Å². The lowest BCUT2D eigenvalue weighted by molar-refractivity contribution is -0.0662. The predicted molar refractivity (Wildman–Crippen MR) is 112 cm³/mol. The second-order valence-corrected chi connectivity index (χ2v) is 9.15. The van der Waals surface area contributed by atoms with Gasteiger partial charge >= 0.3 is 6.09 Å². The lowest BCUT2D eigenvalue weighted by atomic mass is 9.74. The first-order chi connectivity index (χ1) is 13.6. The van der Waals surface area contributed by atoms with E-state index in [0.29, 0.717) is 45.4 Å². The first-order valence-corrected chi connectivity index (χ1v) is 10.6. The number of amides is 1. The zero-order chi connectivity index (χ0) is 21.7. The highest BCUT2D eigenvalue weighted by atomic mass is 35.5. The highest BCUT2D eigenvalue weighted by Crippen LogP contribution is 2.42. The summed E-state index contributed by atoms with van der Waals surface area (Å²) in [5.74, 6) is -0.919. The Bertz CT molecular complexity index is 694. The van der Waals surface area contributed by atoms with Crippen molar-refractivity contribution in [2.45, 2.75) is 64.1 Å². The number of hydrogen-bond donors (Lipinski definition) is 1. The van der Waals surface area contributed by atoms with Crippen LogP contribution in [0.2, 0.25) is 5.02 Å². The van der Waals surface area contributed by atoms with Gasteiger partial charge in [-0.3, -0.25) is 0 Å². The van der Waals surface area contributed by atoms with Gasteiger partial charge in [0.15, 0.2) is 0 Å². The molecule has 0 aromatic heterocycles. The van der Waals surface area contributed by atoms with Crippen LogP contribution in [-0.2, 0) is 15.1 Å². The molecule has 1 aliphatic rings. The lowest BCUT2D eigenvalue weighted by Gasteiger charge is -2.43. The van der Waals surface area contributed by atoms with Crippen LogP contribution in [-0.4, -0.2) is 48.5 Å². The number of methoxy groups -OCH3 is 1. The monoisotopic (exact) mass is 429 g/mol. The van der Waals surface area contributed by atoms with Gasteiger partial charge in [-0.25, -0.2) is 9.18 Å². The van der Waals surface area contributed by atoms with Crippen molar-refractivity contribution in [3.8, 4) is 0 Å². The molecule has 164 valence electrons. The Morgan fingerprint density at radius 3 is 2.72 bits per heavy atom. The molecule has 5 nitrogen and oxygen atoms in total. The van der Waals surface area contributed by atoms with Crippen LogP contribution in [0.5, 0.6) is 0 Å². The summed E-state index contributed by atoms with van der Waals surface area (Å²) in [4.78, 5) is 14.2. The number of likely N-dealkylation sites (tertiary alicyclic amines) is 1. The van der Waals surface area contributed by atoms with E-state index in [-0.39, 0.29) is 16.5 Å². The van der Waals surface area contributed by atoms with Crippen molar-refractivity contribution in [2.24, 2.45) is 5.92 Å². The number of aliphatic hydroxyl groups is 1. The molecule has 7 heteroatoms. The summed E-state index contributed by atoms with van der Waals surface area (Å²) in [6.45, 7) is 6.90. The molecule has 29 heavy (non-hydrogen) atoms. The van der Waals surface area contributed by atoms with Crippen LogP contribution >= 0.6 is 11.6 Å². The topological polar surface area (TPSA) is 59.0 Å². The van der Waals surface area contributed by atoms with Crippen LogP contribution in [0.4, 0.5) is 9.18 Å². The van der Waals surface area contributed by atoms with Crippen LogP contribution in [0.3, 0.4) is 0 Å². The van der Waals surface area contributed by atoms with Crippen LogP contribution in [0, 0.1) is 11.7 Å². The minimum atomic E-state index is -1.43. The molecule has 1 heterocycles. The summed E-state index contributed by atoms with van der Waals surface area (Å²) in [7, 11) is 1.63. The average Bonchev–Trinajstić information content (AvgIpc) is 2.66. The van der Waals surface area contributed by atoms with Gasteiger partial charge < -0.3 is 19.5 Å². The summed E-state index contributed by atoms with van der Waals surface area (Å²) >= 11 is 6.00. The first kappa shape index (κ1) is 23.9. The van der Waals surface area contributed by atoms with E-state index < -0.39 is 23.1 Å². The molecule has 0 radical (unpaired) electrons. The van der Waals surface area contributed by atoms with Gasteiger partial charge in [-0.05, 0) is 58.9 Å². The Morgan fingerprint density at radius 2 is 2.07 bits per heavy atom. The Hall–Kier alpha value is -1.37. The zero-order valence-electron chi connectivity index (χ0n) is 17.8. The summed E-state index contributed by atoms with van der Waals surface area (Å²) in [6.07, 6.45) is 2.78. The second-order valence-electron chi connectivity index (χ2n) is 8.74. The van der Waals surface area contributed by atoms with Crippen molar-refractivity contribution in [2.75, 3.05) is 26.8 Å². The third-order valence-electron chi connectivity index (χ3n) is 5.32. The maximum absolute atomic E-state index is 14.9. The summed E-state index contributed by atoms with van der Waals surface area (Å²) in [6, 6.07) is 4.71. The van der Waals surface area contributed by atoms with E-state index in [0.717, 1.165) is 6.42 Å². The average molecular weight is 430 g/mol. The van der Waals surface area contributed by atoms with Crippen molar-refractivity contribution in [3.63, 3.8) is 0 Å². The number of benzene rings is 1. The summed E-state index contributed by atoms with van der Waals surface area (Å²) in [5, 5.41) is 11.7. The van der Waals surface area contributed by atoms with Crippen LogP contribution < -0.4 is 0 Å². The summed E-state index contributed by atoms with van der Waals surface area (Å²) < 4.78 is 25.5. The molecule has 1 aliphatic heterocycles. The molecule has 0 bridgehead atoms. The highest BCUT2D eigenvalue weighted by Gasteiger charge is 2.43. The second kappa shape index (κ2) is 10.1. The number of hydrogen-bond acceptors (Lipinski definition) is 4. The molecular weight excluding hydrogens is 397 g/mol. The predicted octanol–water partition coefficient (Wildman–Crippen LogP) is 5.13. The van der Waals surface area contributed by atoms with Crippen molar-refractivity contribution in [1.29, 1.82) is 0 Å². The molecule has 2 atom stereocenters. The Labute approximate surface area is 178 Å². The van der Waals surface area contributed by atoms with E-state index >= 15 is 0 Å². The number of nitrogens with zero attached hydrogens (tertiary/aromatic N) is 1. The van der Waals surface area contributed by atoms with Crippen LogP contribution in [0.25, 0.3) is 0 Å². The molecule has 2 rings (SSSR count). The van der Waals surface area contributed by atoms with Crippen LogP contribution in [0.1, 0.15) is 58.4 Å². The largest absolute Gasteiger partial charge is 0.444 e. The highest BCUT2D eigenvalue weighted by molar-refractivity contribution is 6.30. The Balaban J connectivity index is 2.27. The first-order valence-electron chi connectivity index (χ1n) is 10.2. The van der Waals surface area contributed by atoms with E-state index in [2.05, 4.69) is 0 Å². The van der Waals surface area contributed by atoms with Crippen LogP contribution in [0.15, 0.2) is 18.2 Å². The van der Waals surface area contributed by atoms with Gasteiger partial charge in [0.1, 0.15) is 11.4 Å². The number of piperidine rings is 1. The number of unbranched alkanes of at least 4 members (excludes halogenated alkanes) is 1. The van der Waals surface area contributed by atoms with Crippen molar-refractivity contribution >= 4 is 17.7 Å². The molecule has 0 saturated carbocycles. The number of ether oxygens (including phenoxy) is 2. The molecule has 1 fully saturated rings. The van der Waals surface area contributed by atoms with Gasteiger partial charge in [-0.2, -0.15) is 0 Å². The number of carbonyl (C=O) groups excluding carboxylic acids is 1. The number of rotatable bonds is 7. The molecule has 1 aromatic rings. The minimum absolute atomic E-state index is 0.0161. The maximum atomic E-state index is 14.9. The number of carbonyl (C=O) groups is 1. The normalized spacial score (nSPS) is 19.7. The molecule has 1 amide bonds. The van der Waals surface area contributed by atoms with Gasteiger partial charge in [-0.15, -0.1) is 0 Å². The summed E-state index contributed by atoms with van der Waals surface area (Å²) in [5.41, 5.74) is -1.83. The fourth-order valence-corrected chi connectivity index (χ4v) is 4.07. The van der Waals surface area contributed by atoms with Gasteiger partial charge in [0.25, 0.3) is 0 Å². The zero-order valence-corrected chi connectivity index (χ0v) is 18.6. The third-order valence-corrected chi connectivity index (χ3v) is 5.61. The molecule has 1 saturated heterocycles. The molecule has 2 unspecified atom stereocenters. The molecule has 1 aromatic carbocycles. The molecule has 0 spiro atoms. The van der Waals surface area contributed by atoms with Gasteiger partial charge in [0, 0.05) is 38.3 Å². The quantitative estimate of drug-likeness (QED) is 0.610. The molecule has 0 aliphatic carbocycles. The molecule has 1 N–H and O–H groups in total. The van der Waals surface area contributed by atoms with Crippen molar-refractivity contribution in [3.05, 3.63) is 34.6 Å². The van der Waals surface area contributed by atoms with Crippen molar-refractivity contribution in [1.82, 2.24) is 4.90 Å². The fraction of sp³-hybridized carbons (Fsp3) is 0.682. The smallest absolute Gasteiger partial charge is 0.410 e. The van der Waals surface area contributed by atoms with E-state index in [1.807, 2.05) is 20.8 Å². The van der Waals surface area contributed by atoms with E-state index in [4.69, 9.17) is 21.1 Å². The lowest BCUT2D eigenvalue weighted by Crippen LogP contribution is -2.49. The van der Waals surface area contributed by atoms with E-state index in [9.17, 15) is 14.3 Å². The standard InChI is InChI=1S/C22H33ClFNO4/c1-21(2,3)29-20(26)25-13-8-9-16(15-25)22(27,12-5-6-14-28-4)17-10-7-11-18(23)19(17)24/h7,10-11,16,27H,5-6,8-9,12-15H2,1-4H3. The minimum Gasteiger partial charge on any atom is -0.444 e. The van der Waals surface area contributed by atoms with Gasteiger partial charge in [0.05, 0.1) is 10.6 Å². The number of halogens is 2. The van der Waals surface area contributed by atoms with E-state index in [1.54, 1.807) is 24.1 Å². The fourth-order valence-electron chi connectivity index (χ4n) is 3.90. The van der Waals surface area contributed by atoms with Gasteiger partial charge in [-0.1, -0.05) is 23.7 Å². The Morgan fingerprint density at radius 1 is 1.34 bits per heavy atom.